The molecule has 0 unspecified atom stereocenters. The second kappa shape index (κ2) is 6.35. The number of benzene rings is 1. The van der Waals surface area contributed by atoms with E-state index in [1.54, 1.807) is 6.07 Å². The van der Waals surface area contributed by atoms with E-state index in [1.165, 1.54) is 0 Å². The number of nitrogens with zero attached hydrogens (tertiary/aromatic N) is 1. The second-order valence-electron chi connectivity index (χ2n) is 6.94. The van der Waals surface area contributed by atoms with Crippen LogP contribution in [0.4, 0.5) is 0 Å². The quantitative estimate of drug-likeness (QED) is 0.867. The number of hydrogen-bond donors (Lipinski definition) is 1. The number of amides is 1. The van der Waals surface area contributed by atoms with Crippen LogP contribution in [0.25, 0.3) is 0 Å². The van der Waals surface area contributed by atoms with Gasteiger partial charge in [-0.1, -0.05) is 17.7 Å². The molecule has 1 N–H and O–H groups in total. The SMILES string of the molecule is Cc1cccc(C(=O)N[C@H](CC#N)B2OC(C)(C)C(C)(C)O2)c1. The molecule has 1 amide bonds. The van der Waals surface area contributed by atoms with Crippen molar-refractivity contribution in [2.75, 3.05) is 0 Å². The zero-order chi connectivity index (χ0) is 17.3. The van der Waals surface area contributed by atoms with E-state index in [1.807, 2.05) is 52.8 Å². The van der Waals surface area contributed by atoms with Crippen molar-refractivity contribution in [3.8, 4) is 6.07 Å². The predicted octanol–water partition coefficient (Wildman–Crippen LogP) is 2.64. The summed E-state index contributed by atoms with van der Waals surface area (Å²) in [4.78, 5) is 12.4. The maximum absolute atomic E-state index is 12.4. The van der Waals surface area contributed by atoms with Crippen LogP contribution in [0.1, 0.15) is 50.0 Å². The Hall–Kier alpha value is -1.84. The lowest BCUT2D eigenvalue weighted by atomic mass is 9.76. The fourth-order valence-corrected chi connectivity index (χ4v) is 2.40. The Bertz CT molecular complexity index is 621. The van der Waals surface area contributed by atoms with Gasteiger partial charge in [0.05, 0.1) is 29.6 Å². The molecule has 0 bridgehead atoms. The van der Waals surface area contributed by atoms with E-state index in [4.69, 9.17) is 14.6 Å². The van der Waals surface area contributed by atoms with E-state index < -0.39 is 24.3 Å². The van der Waals surface area contributed by atoms with Gasteiger partial charge in [-0.3, -0.25) is 4.79 Å². The van der Waals surface area contributed by atoms with Crippen LogP contribution >= 0.6 is 0 Å². The summed E-state index contributed by atoms with van der Waals surface area (Å²) in [6.07, 6.45) is 0.119. The lowest BCUT2D eigenvalue weighted by Gasteiger charge is -2.32. The molecule has 0 saturated carbocycles. The van der Waals surface area contributed by atoms with Gasteiger partial charge in [-0.15, -0.1) is 0 Å². The Morgan fingerprint density at radius 1 is 1.30 bits per heavy atom. The molecule has 23 heavy (non-hydrogen) atoms. The first kappa shape index (κ1) is 17.5. The Morgan fingerprint density at radius 3 is 2.43 bits per heavy atom. The molecule has 0 radical (unpaired) electrons. The molecule has 2 rings (SSSR count). The Kier molecular flexibility index (Phi) is 4.83. The number of hydrogen-bond acceptors (Lipinski definition) is 4. The van der Waals surface area contributed by atoms with Crippen molar-refractivity contribution < 1.29 is 14.1 Å². The van der Waals surface area contributed by atoms with E-state index in [-0.39, 0.29) is 12.3 Å². The number of nitrogens with one attached hydrogen (secondary N) is 1. The van der Waals surface area contributed by atoms with E-state index in [0.717, 1.165) is 5.56 Å². The van der Waals surface area contributed by atoms with Crippen LogP contribution in [0.2, 0.25) is 0 Å². The van der Waals surface area contributed by atoms with Crippen molar-refractivity contribution in [3.05, 3.63) is 35.4 Å². The lowest BCUT2D eigenvalue weighted by molar-refractivity contribution is 0.00578. The minimum Gasteiger partial charge on any atom is -0.402 e. The molecule has 1 aromatic rings. The third kappa shape index (κ3) is 3.74. The lowest BCUT2D eigenvalue weighted by Crippen LogP contribution is -2.47. The topological polar surface area (TPSA) is 71.4 Å². The highest BCUT2D eigenvalue weighted by molar-refractivity contribution is 6.48. The first-order valence-electron chi connectivity index (χ1n) is 7.76. The molecule has 1 aliphatic rings. The summed E-state index contributed by atoms with van der Waals surface area (Å²) in [7, 11) is -0.645. The van der Waals surface area contributed by atoms with Crippen molar-refractivity contribution in [1.29, 1.82) is 5.26 Å². The van der Waals surface area contributed by atoms with Crippen LogP contribution in [0.5, 0.6) is 0 Å². The summed E-state index contributed by atoms with van der Waals surface area (Å²) in [6.45, 7) is 9.70. The van der Waals surface area contributed by atoms with Gasteiger partial charge in [0.1, 0.15) is 0 Å². The van der Waals surface area contributed by atoms with Gasteiger partial charge in [-0.2, -0.15) is 5.26 Å². The van der Waals surface area contributed by atoms with Crippen LogP contribution in [-0.2, 0) is 9.31 Å². The third-order valence-corrected chi connectivity index (χ3v) is 4.51. The number of rotatable bonds is 4. The van der Waals surface area contributed by atoms with Crippen molar-refractivity contribution in [2.24, 2.45) is 0 Å². The van der Waals surface area contributed by atoms with Crippen molar-refractivity contribution in [2.45, 2.75) is 58.2 Å². The fourth-order valence-electron chi connectivity index (χ4n) is 2.40. The predicted molar refractivity (Wildman–Crippen MR) is 88.7 cm³/mol. The largest absolute Gasteiger partial charge is 0.482 e. The normalized spacial score (nSPS) is 19.9. The maximum atomic E-state index is 12.4. The monoisotopic (exact) mass is 314 g/mol. The van der Waals surface area contributed by atoms with Gasteiger partial charge in [0.25, 0.3) is 5.91 Å². The van der Waals surface area contributed by atoms with Gasteiger partial charge in [-0.25, -0.2) is 0 Å². The maximum Gasteiger partial charge on any atom is 0.482 e. The average molecular weight is 314 g/mol. The van der Waals surface area contributed by atoms with Gasteiger partial charge < -0.3 is 14.6 Å². The summed E-state index contributed by atoms with van der Waals surface area (Å²) in [6, 6.07) is 9.41. The van der Waals surface area contributed by atoms with Gasteiger partial charge in [0.15, 0.2) is 0 Å². The van der Waals surface area contributed by atoms with Crippen LogP contribution in [0.3, 0.4) is 0 Å². The van der Waals surface area contributed by atoms with E-state index in [0.29, 0.717) is 5.56 Å². The molecule has 0 spiro atoms. The first-order valence-corrected chi connectivity index (χ1v) is 7.76. The third-order valence-electron chi connectivity index (χ3n) is 4.51. The summed E-state index contributed by atoms with van der Waals surface area (Å²) in [5.74, 6) is -0.752. The molecule has 0 aromatic heterocycles. The van der Waals surface area contributed by atoms with Crippen LogP contribution in [0.15, 0.2) is 24.3 Å². The van der Waals surface area contributed by atoms with E-state index in [9.17, 15) is 4.79 Å². The highest BCUT2D eigenvalue weighted by atomic mass is 16.7. The number of carbonyl (C=O) groups is 1. The molecule has 1 fully saturated rings. The average Bonchev–Trinajstić information content (AvgIpc) is 2.67. The van der Waals surface area contributed by atoms with Crippen molar-refractivity contribution >= 4 is 13.0 Å². The fraction of sp³-hybridized carbons (Fsp3) is 0.529. The molecule has 1 aliphatic heterocycles. The zero-order valence-corrected chi connectivity index (χ0v) is 14.3. The Balaban J connectivity index is 2.14. The Labute approximate surface area is 138 Å². The molecule has 122 valence electrons. The second-order valence-corrected chi connectivity index (χ2v) is 6.94. The highest BCUT2D eigenvalue weighted by Crippen LogP contribution is 2.37. The molecular formula is C17H23BN2O3. The van der Waals surface area contributed by atoms with E-state index >= 15 is 0 Å². The first-order chi connectivity index (χ1) is 10.7. The number of nitriles is 1. The molecule has 1 heterocycles. The van der Waals surface area contributed by atoms with Gasteiger partial charge in [-0.05, 0) is 46.8 Å². The minimum atomic E-state index is -0.645. The molecule has 5 nitrogen and oxygen atoms in total. The summed E-state index contributed by atoms with van der Waals surface area (Å²) < 4.78 is 11.9. The number of aryl methyl sites for hydroxylation is 1. The highest BCUT2D eigenvalue weighted by Gasteiger charge is 2.54. The minimum absolute atomic E-state index is 0.119. The van der Waals surface area contributed by atoms with Crippen LogP contribution in [-0.4, -0.2) is 30.2 Å². The van der Waals surface area contributed by atoms with Crippen LogP contribution < -0.4 is 5.32 Å². The molecule has 6 heteroatoms. The van der Waals surface area contributed by atoms with Gasteiger partial charge >= 0.3 is 7.12 Å². The standard InChI is InChI=1S/C17H23BN2O3/c1-12-7-6-8-13(11-12)15(21)20-14(9-10-19)18-22-16(2,3)17(4,5)23-18/h6-8,11,14H,9H2,1-5H3,(H,20,21)/t14-/m1/s1. The molecule has 1 saturated heterocycles. The molecule has 1 atom stereocenters. The Morgan fingerprint density at radius 2 is 1.91 bits per heavy atom. The zero-order valence-electron chi connectivity index (χ0n) is 14.3. The number of carbonyl (C=O) groups excluding carboxylic acids is 1. The molecule has 0 aliphatic carbocycles. The smallest absolute Gasteiger partial charge is 0.402 e. The molecule has 1 aromatic carbocycles. The summed E-state index contributed by atoms with van der Waals surface area (Å²) in [5.41, 5.74) is 0.563. The summed E-state index contributed by atoms with van der Waals surface area (Å²) in [5, 5.41) is 11.9. The van der Waals surface area contributed by atoms with Gasteiger partial charge in [0.2, 0.25) is 0 Å². The van der Waals surface area contributed by atoms with Crippen molar-refractivity contribution in [1.82, 2.24) is 5.32 Å². The van der Waals surface area contributed by atoms with Gasteiger partial charge in [0, 0.05) is 5.56 Å². The van der Waals surface area contributed by atoms with Crippen molar-refractivity contribution in [3.63, 3.8) is 0 Å². The van der Waals surface area contributed by atoms with E-state index in [2.05, 4.69) is 11.4 Å². The summed E-state index contributed by atoms with van der Waals surface area (Å²) >= 11 is 0. The molecular weight excluding hydrogens is 291 g/mol. The van der Waals surface area contributed by atoms with Crippen LogP contribution in [0, 0.1) is 18.3 Å².